The lowest BCUT2D eigenvalue weighted by Gasteiger charge is -2.00. The Kier molecular flexibility index (Phi) is 4.53. The monoisotopic (exact) mass is 318 g/mol. The van der Waals surface area contributed by atoms with Gasteiger partial charge in [0.25, 0.3) is 11.4 Å². The third kappa shape index (κ3) is 3.48. The van der Waals surface area contributed by atoms with Gasteiger partial charge in [-0.3, -0.25) is 20.2 Å². The highest BCUT2D eigenvalue weighted by Crippen LogP contribution is 2.27. The molecule has 0 N–H and O–H groups in total. The van der Waals surface area contributed by atoms with Crippen molar-refractivity contribution < 1.29 is 9.85 Å². The van der Waals surface area contributed by atoms with Crippen LogP contribution in [0, 0.1) is 27.2 Å². The fourth-order valence-corrected chi connectivity index (χ4v) is 2.11. The van der Waals surface area contributed by atoms with E-state index in [2.05, 4.69) is 0 Å². The lowest BCUT2D eigenvalue weighted by Crippen LogP contribution is -1.93. The van der Waals surface area contributed by atoms with E-state index in [1.807, 2.05) is 0 Å². The molecule has 2 rings (SSSR count). The van der Waals surface area contributed by atoms with Crippen molar-refractivity contribution >= 4 is 35.1 Å². The quantitative estimate of drug-likeness (QED) is 0.467. The summed E-state index contributed by atoms with van der Waals surface area (Å²) in [4.78, 5) is 21.0. The van der Waals surface area contributed by atoms with Gasteiger partial charge in [-0.05, 0) is 42.8 Å². The van der Waals surface area contributed by atoms with Crippen LogP contribution < -0.4 is 0 Å². The first kappa shape index (κ1) is 15.7. The van der Waals surface area contributed by atoms with Gasteiger partial charge in [-0.1, -0.05) is 17.7 Å². The van der Waals surface area contributed by atoms with E-state index in [1.165, 1.54) is 36.4 Å². The van der Waals surface area contributed by atoms with Gasteiger partial charge in [0.1, 0.15) is 0 Å². The molecule has 0 fully saturated rings. The fraction of sp³-hybridized carbons (Fsp3) is 0.0667. The Morgan fingerprint density at radius 3 is 1.95 bits per heavy atom. The summed E-state index contributed by atoms with van der Waals surface area (Å²) in [6, 6.07) is 9.06. The average Bonchev–Trinajstić information content (AvgIpc) is 2.46. The molecule has 0 heterocycles. The molecule has 0 aromatic heterocycles. The number of halogens is 1. The molecular weight excluding hydrogens is 308 g/mol. The molecule has 0 unspecified atom stereocenters. The maximum absolute atomic E-state index is 11.1. The van der Waals surface area contributed by atoms with Crippen molar-refractivity contribution in [2.75, 3.05) is 0 Å². The van der Waals surface area contributed by atoms with Crippen LogP contribution in [0.2, 0.25) is 5.02 Å². The Morgan fingerprint density at radius 2 is 1.41 bits per heavy atom. The summed E-state index contributed by atoms with van der Waals surface area (Å²) in [6.07, 6.45) is 2.94. The molecule has 0 bridgehead atoms. The molecule has 2 aromatic rings. The molecule has 0 aliphatic rings. The molecule has 7 heteroatoms. The van der Waals surface area contributed by atoms with Gasteiger partial charge >= 0.3 is 0 Å². The van der Waals surface area contributed by atoms with Crippen LogP contribution in [0.4, 0.5) is 11.4 Å². The molecular formula is C15H11ClN2O4. The van der Waals surface area contributed by atoms with E-state index < -0.39 is 9.85 Å². The molecule has 0 aliphatic heterocycles. The molecule has 22 heavy (non-hydrogen) atoms. The molecule has 6 nitrogen and oxygen atoms in total. The molecule has 0 saturated heterocycles. The summed E-state index contributed by atoms with van der Waals surface area (Å²) < 4.78 is 0. The van der Waals surface area contributed by atoms with Crippen LogP contribution in [0.5, 0.6) is 0 Å². The first-order valence-corrected chi connectivity index (χ1v) is 6.63. The summed E-state index contributed by atoms with van der Waals surface area (Å²) in [5, 5.41) is 22.3. The topological polar surface area (TPSA) is 86.3 Å². The summed E-state index contributed by atoms with van der Waals surface area (Å²) in [5.74, 6) is 0. The van der Waals surface area contributed by atoms with Crippen molar-refractivity contribution in [2.45, 2.75) is 6.92 Å². The SMILES string of the molecule is Cc1ccc(C=Cc2ccc(Cl)cc2[N+](=O)[O-])c([N+](=O)[O-])c1. The van der Waals surface area contributed by atoms with Gasteiger partial charge in [0.2, 0.25) is 0 Å². The van der Waals surface area contributed by atoms with Gasteiger partial charge in [-0.2, -0.15) is 0 Å². The minimum Gasteiger partial charge on any atom is -0.258 e. The molecule has 0 radical (unpaired) electrons. The minimum atomic E-state index is -0.547. The van der Waals surface area contributed by atoms with Crippen LogP contribution in [0.3, 0.4) is 0 Å². The lowest BCUT2D eigenvalue weighted by molar-refractivity contribution is -0.385. The highest BCUT2D eigenvalue weighted by molar-refractivity contribution is 6.30. The fourth-order valence-electron chi connectivity index (χ4n) is 1.95. The largest absolute Gasteiger partial charge is 0.278 e. The number of nitro benzene ring substituents is 2. The third-order valence-corrected chi connectivity index (χ3v) is 3.25. The number of hydrogen-bond acceptors (Lipinski definition) is 4. The molecule has 0 amide bonds. The van der Waals surface area contributed by atoms with Crippen molar-refractivity contribution in [1.82, 2.24) is 0 Å². The molecule has 0 saturated carbocycles. The Balaban J connectivity index is 2.46. The Bertz CT molecular complexity index is 722. The number of hydrogen-bond donors (Lipinski definition) is 0. The first-order chi connectivity index (χ1) is 10.4. The number of nitro groups is 2. The third-order valence-electron chi connectivity index (χ3n) is 3.01. The van der Waals surface area contributed by atoms with Crippen molar-refractivity contribution in [3.63, 3.8) is 0 Å². The van der Waals surface area contributed by atoms with E-state index in [-0.39, 0.29) is 16.4 Å². The summed E-state index contributed by atoms with van der Waals surface area (Å²) in [5.41, 5.74) is 1.26. The zero-order chi connectivity index (χ0) is 16.3. The van der Waals surface area contributed by atoms with Crippen LogP contribution in [-0.4, -0.2) is 9.85 Å². The van der Waals surface area contributed by atoms with E-state index in [1.54, 1.807) is 19.1 Å². The second kappa shape index (κ2) is 6.36. The zero-order valence-corrected chi connectivity index (χ0v) is 12.3. The smallest absolute Gasteiger partial charge is 0.258 e. The minimum absolute atomic E-state index is 0.0483. The summed E-state index contributed by atoms with van der Waals surface area (Å²) in [6.45, 7) is 1.75. The van der Waals surface area contributed by atoms with Crippen LogP contribution in [0.15, 0.2) is 36.4 Å². The Hall–Kier alpha value is -2.73. The number of benzene rings is 2. The van der Waals surface area contributed by atoms with E-state index in [0.29, 0.717) is 11.1 Å². The second-order valence-corrected chi connectivity index (χ2v) is 5.05. The molecule has 0 aliphatic carbocycles. The van der Waals surface area contributed by atoms with Crippen LogP contribution >= 0.6 is 11.6 Å². The van der Waals surface area contributed by atoms with Crippen LogP contribution in [0.25, 0.3) is 12.2 Å². The van der Waals surface area contributed by atoms with Crippen molar-refractivity contribution in [2.24, 2.45) is 0 Å². The van der Waals surface area contributed by atoms with Crippen molar-refractivity contribution in [3.8, 4) is 0 Å². The van der Waals surface area contributed by atoms with Gasteiger partial charge in [0, 0.05) is 17.2 Å². The van der Waals surface area contributed by atoms with Gasteiger partial charge in [0.15, 0.2) is 0 Å². The van der Waals surface area contributed by atoms with E-state index in [0.717, 1.165) is 5.56 Å². The van der Waals surface area contributed by atoms with E-state index >= 15 is 0 Å². The standard InChI is InChI=1S/C15H11ClN2O4/c1-10-2-3-11(14(8-10)17(19)20)4-5-12-6-7-13(16)9-15(12)18(21)22/h2-9H,1H3. The second-order valence-electron chi connectivity index (χ2n) is 4.61. The Labute approximate surface area is 131 Å². The van der Waals surface area contributed by atoms with Gasteiger partial charge in [-0.25, -0.2) is 0 Å². The van der Waals surface area contributed by atoms with Crippen molar-refractivity contribution in [3.05, 3.63) is 78.3 Å². The predicted molar refractivity (Wildman–Crippen MR) is 84.9 cm³/mol. The average molecular weight is 319 g/mol. The van der Waals surface area contributed by atoms with Gasteiger partial charge in [0.05, 0.1) is 21.0 Å². The number of rotatable bonds is 4. The van der Waals surface area contributed by atoms with Crippen molar-refractivity contribution in [1.29, 1.82) is 0 Å². The lowest BCUT2D eigenvalue weighted by atomic mass is 10.1. The van der Waals surface area contributed by atoms with E-state index in [9.17, 15) is 20.2 Å². The van der Waals surface area contributed by atoms with Crippen LogP contribution in [-0.2, 0) is 0 Å². The highest BCUT2D eigenvalue weighted by Gasteiger charge is 2.14. The summed E-state index contributed by atoms with van der Waals surface area (Å²) >= 11 is 5.74. The van der Waals surface area contributed by atoms with Gasteiger partial charge < -0.3 is 0 Å². The molecule has 0 atom stereocenters. The number of nitrogens with zero attached hydrogens (tertiary/aromatic N) is 2. The first-order valence-electron chi connectivity index (χ1n) is 6.25. The maximum atomic E-state index is 11.1. The molecule has 112 valence electrons. The normalized spacial score (nSPS) is 10.8. The maximum Gasteiger partial charge on any atom is 0.278 e. The Morgan fingerprint density at radius 1 is 0.909 bits per heavy atom. The molecule has 0 spiro atoms. The number of aryl methyl sites for hydroxylation is 1. The molecule has 2 aromatic carbocycles. The van der Waals surface area contributed by atoms with E-state index in [4.69, 9.17) is 11.6 Å². The van der Waals surface area contributed by atoms with Crippen LogP contribution in [0.1, 0.15) is 16.7 Å². The highest BCUT2D eigenvalue weighted by atomic mass is 35.5. The zero-order valence-electron chi connectivity index (χ0n) is 11.5. The predicted octanol–water partition coefficient (Wildman–Crippen LogP) is 4.64. The van der Waals surface area contributed by atoms with Gasteiger partial charge in [-0.15, -0.1) is 0 Å². The summed E-state index contributed by atoms with van der Waals surface area (Å²) in [7, 11) is 0.